The molecule has 1 aromatic heterocycles. The van der Waals surface area contributed by atoms with Gasteiger partial charge in [-0.1, -0.05) is 6.92 Å². The zero-order chi connectivity index (χ0) is 20.4. The lowest BCUT2D eigenvalue weighted by Gasteiger charge is -2.14. The number of nitrogens with zero attached hydrogens (tertiary/aromatic N) is 3. The fourth-order valence-corrected chi connectivity index (χ4v) is 3.29. The zero-order valence-corrected chi connectivity index (χ0v) is 16.2. The number of allylic oxidation sites excluding steroid dienone is 1. The number of fused-ring (bicyclic) bond motifs is 1. The summed E-state index contributed by atoms with van der Waals surface area (Å²) in [6, 6.07) is 11.2. The van der Waals surface area contributed by atoms with Gasteiger partial charge in [-0.15, -0.1) is 5.10 Å². The van der Waals surface area contributed by atoms with Crippen LogP contribution in [-0.2, 0) is 4.79 Å². The zero-order valence-electron chi connectivity index (χ0n) is 16.2. The van der Waals surface area contributed by atoms with Gasteiger partial charge in [-0.25, -0.2) is 5.10 Å². The topological polar surface area (TPSA) is 114 Å². The van der Waals surface area contributed by atoms with Crippen molar-refractivity contribution in [1.29, 1.82) is 0 Å². The molecule has 0 spiro atoms. The van der Waals surface area contributed by atoms with Crippen LogP contribution in [0.2, 0.25) is 0 Å². The van der Waals surface area contributed by atoms with E-state index in [1.54, 1.807) is 20.3 Å². The molecule has 1 amide bonds. The summed E-state index contributed by atoms with van der Waals surface area (Å²) >= 11 is 0. The van der Waals surface area contributed by atoms with E-state index in [9.17, 15) is 4.79 Å². The molecule has 3 N–H and O–H groups in total. The Morgan fingerprint density at radius 1 is 1.10 bits per heavy atom. The standard InChI is InChI=1S/C20H20N6O3/c1-4-14(21-12-7-5-11(6-8-12)19-23-25-26-24-19)18-13-9-16(28-2)17(29-3)10-15(13)22-20(18)27/h5-10,21H,4H2,1-3H3,(H,22,27)(H,23,24,25,26). The molecule has 0 saturated heterocycles. The van der Waals surface area contributed by atoms with Crippen molar-refractivity contribution in [2.75, 3.05) is 24.9 Å². The fourth-order valence-electron chi connectivity index (χ4n) is 3.29. The number of aromatic amines is 1. The van der Waals surface area contributed by atoms with Crippen LogP contribution in [0.15, 0.2) is 42.1 Å². The lowest BCUT2D eigenvalue weighted by Crippen LogP contribution is -2.10. The van der Waals surface area contributed by atoms with Crippen LogP contribution in [0.4, 0.5) is 11.4 Å². The van der Waals surface area contributed by atoms with Crippen molar-refractivity contribution < 1.29 is 14.3 Å². The Bertz CT molecular complexity index is 1070. The highest BCUT2D eigenvalue weighted by Crippen LogP contribution is 2.42. The van der Waals surface area contributed by atoms with Gasteiger partial charge in [-0.2, -0.15) is 0 Å². The Kier molecular flexibility index (Phi) is 4.86. The van der Waals surface area contributed by atoms with E-state index >= 15 is 0 Å². The number of anilines is 2. The van der Waals surface area contributed by atoms with Crippen LogP contribution < -0.4 is 20.1 Å². The van der Waals surface area contributed by atoms with Gasteiger partial charge in [0, 0.05) is 28.6 Å². The molecule has 0 atom stereocenters. The Hall–Kier alpha value is -3.88. The molecule has 1 aliphatic heterocycles. The van der Waals surface area contributed by atoms with Gasteiger partial charge < -0.3 is 20.1 Å². The Labute approximate surface area is 167 Å². The molecule has 9 heteroatoms. The third-order valence-electron chi connectivity index (χ3n) is 4.72. The molecule has 0 bridgehead atoms. The highest BCUT2D eigenvalue weighted by Gasteiger charge is 2.29. The predicted molar refractivity (Wildman–Crippen MR) is 109 cm³/mol. The molecule has 0 fully saturated rings. The molecule has 9 nitrogen and oxygen atoms in total. The molecular formula is C20H20N6O3. The summed E-state index contributed by atoms with van der Waals surface area (Å²) < 4.78 is 10.7. The number of hydrogen-bond acceptors (Lipinski definition) is 7. The minimum Gasteiger partial charge on any atom is -0.493 e. The summed E-state index contributed by atoms with van der Waals surface area (Å²) in [5.74, 6) is 1.57. The van der Waals surface area contributed by atoms with Gasteiger partial charge in [0.2, 0.25) is 0 Å². The fraction of sp³-hybridized carbons (Fsp3) is 0.200. The van der Waals surface area contributed by atoms with E-state index in [4.69, 9.17) is 9.47 Å². The summed E-state index contributed by atoms with van der Waals surface area (Å²) in [7, 11) is 3.14. The second-order valence-electron chi connectivity index (χ2n) is 6.37. The number of nitrogens with one attached hydrogen (secondary N) is 3. The minimum absolute atomic E-state index is 0.163. The highest BCUT2D eigenvalue weighted by molar-refractivity contribution is 6.32. The summed E-state index contributed by atoms with van der Waals surface area (Å²) in [6.07, 6.45) is 0.643. The van der Waals surface area contributed by atoms with Crippen molar-refractivity contribution >= 4 is 22.9 Å². The number of H-pyrrole nitrogens is 1. The second kappa shape index (κ2) is 7.63. The van der Waals surface area contributed by atoms with Crippen molar-refractivity contribution in [2.24, 2.45) is 0 Å². The monoisotopic (exact) mass is 392 g/mol. The number of tetrazole rings is 1. The minimum atomic E-state index is -0.163. The predicted octanol–water partition coefficient (Wildman–Crippen LogP) is 3.07. The van der Waals surface area contributed by atoms with Crippen molar-refractivity contribution in [3.05, 3.63) is 47.7 Å². The summed E-state index contributed by atoms with van der Waals surface area (Å²) in [5.41, 5.74) is 4.60. The first-order valence-corrected chi connectivity index (χ1v) is 9.06. The summed E-state index contributed by atoms with van der Waals surface area (Å²) in [6.45, 7) is 2.00. The molecule has 3 aromatic rings. The molecule has 148 valence electrons. The average molecular weight is 392 g/mol. The van der Waals surface area contributed by atoms with Crippen LogP contribution in [0.5, 0.6) is 11.5 Å². The number of rotatable bonds is 6. The van der Waals surface area contributed by atoms with E-state index in [-0.39, 0.29) is 5.91 Å². The van der Waals surface area contributed by atoms with Crippen LogP contribution in [0.3, 0.4) is 0 Å². The van der Waals surface area contributed by atoms with Gasteiger partial charge in [0.05, 0.1) is 25.5 Å². The SMILES string of the molecule is CCC(Nc1ccc(-c2nnn[nH]2)cc1)=C1C(=O)Nc2cc(OC)c(OC)cc21. The van der Waals surface area contributed by atoms with Crippen LogP contribution in [0.25, 0.3) is 17.0 Å². The van der Waals surface area contributed by atoms with E-state index < -0.39 is 0 Å². The highest BCUT2D eigenvalue weighted by atomic mass is 16.5. The number of amides is 1. The first kappa shape index (κ1) is 18.5. The molecule has 0 saturated carbocycles. The van der Waals surface area contributed by atoms with Gasteiger partial charge in [0.25, 0.3) is 5.91 Å². The number of carbonyl (C=O) groups is 1. The van der Waals surface area contributed by atoms with Crippen molar-refractivity contribution in [3.8, 4) is 22.9 Å². The van der Waals surface area contributed by atoms with Crippen LogP contribution in [0, 0.1) is 0 Å². The summed E-state index contributed by atoms with van der Waals surface area (Å²) in [5, 5.41) is 20.1. The van der Waals surface area contributed by atoms with E-state index in [1.165, 1.54) is 0 Å². The number of hydrogen-bond donors (Lipinski definition) is 3. The second-order valence-corrected chi connectivity index (χ2v) is 6.37. The average Bonchev–Trinajstić information content (AvgIpc) is 3.39. The number of aromatic nitrogens is 4. The third kappa shape index (κ3) is 3.38. The maximum Gasteiger partial charge on any atom is 0.258 e. The molecular weight excluding hydrogens is 372 g/mol. The van der Waals surface area contributed by atoms with Crippen LogP contribution in [0.1, 0.15) is 18.9 Å². The lowest BCUT2D eigenvalue weighted by molar-refractivity contribution is -0.110. The van der Waals surface area contributed by atoms with Gasteiger partial charge in [-0.3, -0.25) is 4.79 Å². The van der Waals surface area contributed by atoms with Gasteiger partial charge in [0.1, 0.15) is 0 Å². The molecule has 4 rings (SSSR count). The Morgan fingerprint density at radius 3 is 2.45 bits per heavy atom. The maximum absolute atomic E-state index is 12.7. The first-order chi connectivity index (χ1) is 14.1. The van der Waals surface area contributed by atoms with Gasteiger partial charge in [0.15, 0.2) is 17.3 Å². The molecule has 2 aromatic carbocycles. The maximum atomic E-state index is 12.7. The van der Waals surface area contributed by atoms with Crippen molar-refractivity contribution in [1.82, 2.24) is 20.6 Å². The molecule has 0 unspecified atom stereocenters. The molecule has 0 aliphatic carbocycles. The summed E-state index contributed by atoms with van der Waals surface area (Å²) in [4.78, 5) is 12.7. The normalized spacial score (nSPS) is 14.2. The lowest BCUT2D eigenvalue weighted by atomic mass is 10.0. The number of benzene rings is 2. The third-order valence-corrected chi connectivity index (χ3v) is 4.72. The Balaban J connectivity index is 1.69. The largest absolute Gasteiger partial charge is 0.493 e. The van der Waals surface area contributed by atoms with E-state index in [2.05, 4.69) is 31.3 Å². The van der Waals surface area contributed by atoms with E-state index in [1.807, 2.05) is 37.3 Å². The van der Waals surface area contributed by atoms with E-state index in [0.29, 0.717) is 35.0 Å². The van der Waals surface area contributed by atoms with Crippen LogP contribution >= 0.6 is 0 Å². The van der Waals surface area contributed by atoms with Crippen LogP contribution in [-0.4, -0.2) is 40.8 Å². The first-order valence-electron chi connectivity index (χ1n) is 9.06. The molecule has 29 heavy (non-hydrogen) atoms. The van der Waals surface area contributed by atoms with E-state index in [0.717, 1.165) is 22.5 Å². The molecule has 2 heterocycles. The molecule has 1 aliphatic rings. The van der Waals surface area contributed by atoms with Gasteiger partial charge >= 0.3 is 0 Å². The van der Waals surface area contributed by atoms with Crippen molar-refractivity contribution in [2.45, 2.75) is 13.3 Å². The van der Waals surface area contributed by atoms with Gasteiger partial charge in [-0.05, 0) is 47.2 Å². The molecule has 0 radical (unpaired) electrons. The Morgan fingerprint density at radius 2 is 1.83 bits per heavy atom. The number of carbonyl (C=O) groups excluding carboxylic acids is 1. The van der Waals surface area contributed by atoms with Crippen molar-refractivity contribution in [3.63, 3.8) is 0 Å². The quantitative estimate of drug-likeness (QED) is 0.552. The number of ether oxygens (including phenoxy) is 2. The smallest absolute Gasteiger partial charge is 0.258 e. The number of methoxy groups -OCH3 is 2.